The van der Waals surface area contributed by atoms with Gasteiger partial charge in [-0.3, -0.25) is 4.90 Å². The normalized spacial score (nSPS) is 25.8. The van der Waals surface area contributed by atoms with Gasteiger partial charge in [-0.15, -0.1) is 0 Å². The fraction of sp³-hybridized carbons (Fsp3) is 0.941. The van der Waals surface area contributed by atoms with Crippen molar-refractivity contribution >= 4 is 5.97 Å². The Hall–Kier alpha value is -0.610. The molecule has 2 aliphatic rings. The molecule has 2 atom stereocenters. The molecule has 1 heterocycles. The van der Waals surface area contributed by atoms with Crippen LogP contribution in [0.25, 0.3) is 0 Å². The molecule has 0 radical (unpaired) electrons. The summed E-state index contributed by atoms with van der Waals surface area (Å²) >= 11 is 0. The molecule has 2 rings (SSSR count). The van der Waals surface area contributed by atoms with Gasteiger partial charge in [-0.05, 0) is 64.5 Å². The van der Waals surface area contributed by atoms with Crippen LogP contribution in [-0.2, 0) is 9.53 Å². The molecule has 122 valence electrons. The third kappa shape index (κ3) is 3.78. The van der Waals surface area contributed by atoms with Gasteiger partial charge in [0.15, 0.2) is 0 Å². The summed E-state index contributed by atoms with van der Waals surface area (Å²) in [7, 11) is 0. The Morgan fingerprint density at radius 3 is 2.62 bits per heavy atom. The molecule has 4 nitrogen and oxygen atoms in total. The quantitative estimate of drug-likeness (QED) is 0.664. The Labute approximate surface area is 129 Å². The number of hydrogen-bond acceptors (Lipinski definition) is 4. The number of hydrogen-bond donors (Lipinski definition) is 1. The number of carbonyl (C=O) groups is 1. The maximum absolute atomic E-state index is 12.7. The molecule has 0 aromatic rings. The van der Waals surface area contributed by atoms with E-state index >= 15 is 0 Å². The smallest absolute Gasteiger partial charge is 0.327 e. The molecule has 4 heteroatoms. The molecule has 0 aromatic carbocycles. The van der Waals surface area contributed by atoms with Gasteiger partial charge in [0.25, 0.3) is 0 Å². The number of nitrogens with one attached hydrogen (secondary N) is 1. The van der Waals surface area contributed by atoms with Crippen molar-refractivity contribution in [1.82, 2.24) is 10.2 Å². The minimum absolute atomic E-state index is 0.0253. The van der Waals surface area contributed by atoms with Gasteiger partial charge >= 0.3 is 5.97 Å². The highest BCUT2D eigenvalue weighted by atomic mass is 16.5. The van der Waals surface area contributed by atoms with Crippen molar-refractivity contribution < 1.29 is 9.53 Å². The Bertz CT molecular complexity index is 344. The van der Waals surface area contributed by atoms with Crippen LogP contribution in [0.2, 0.25) is 0 Å². The van der Waals surface area contributed by atoms with Gasteiger partial charge in [-0.1, -0.05) is 13.8 Å². The lowest BCUT2D eigenvalue weighted by Crippen LogP contribution is -2.62. The lowest BCUT2D eigenvalue weighted by molar-refractivity contribution is -0.153. The highest BCUT2D eigenvalue weighted by Crippen LogP contribution is 2.42. The van der Waals surface area contributed by atoms with E-state index in [2.05, 4.69) is 24.1 Å². The van der Waals surface area contributed by atoms with Crippen LogP contribution in [-0.4, -0.2) is 48.7 Å². The number of nitrogens with zero attached hydrogens (tertiary/aromatic N) is 1. The molecular weight excluding hydrogens is 264 g/mol. The number of rotatable bonds is 9. The summed E-state index contributed by atoms with van der Waals surface area (Å²) in [6.07, 6.45) is 7.06. The number of likely N-dealkylation sites (tertiary alicyclic amines) is 1. The molecule has 2 fully saturated rings. The summed E-state index contributed by atoms with van der Waals surface area (Å²) in [5.41, 5.74) is -0.468. The van der Waals surface area contributed by atoms with Crippen LogP contribution < -0.4 is 5.32 Å². The first kappa shape index (κ1) is 16.8. The van der Waals surface area contributed by atoms with E-state index in [1.54, 1.807) is 0 Å². The largest absolute Gasteiger partial charge is 0.465 e. The van der Waals surface area contributed by atoms with Crippen LogP contribution in [0, 0.1) is 5.92 Å². The molecule has 1 saturated carbocycles. The van der Waals surface area contributed by atoms with Crippen molar-refractivity contribution in [2.45, 2.75) is 70.9 Å². The topological polar surface area (TPSA) is 41.6 Å². The summed E-state index contributed by atoms with van der Waals surface area (Å²) in [5.74, 6) is 0.434. The van der Waals surface area contributed by atoms with Crippen LogP contribution in [0.5, 0.6) is 0 Å². The Balaban J connectivity index is 2.14. The van der Waals surface area contributed by atoms with E-state index in [0.29, 0.717) is 18.6 Å². The minimum Gasteiger partial charge on any atom is -0.465 e. The van der Waals surface area contributed by atoms with Crippen LogP contribution in [0.15, 0.2) is 0 Å². The Kier molecular flexibility index (Phi) is 6.06. The zero-order valence-electron chi connectivity index (χ0n) is 14.0. The maximum atomic E-state index is 12.7. The maximum Gasteiger partial charge on any atom is 0.327 e. The molecule has 0 spiro atoms. The zero-order valence-corrected chi connectivity index (χ0v) is 14.0. The van der Waals surface area contributed by atoms with Crippen LogP contribution in [0.4, 0.5) is 0 Å². The fourth-order valence-electron chi connectivity index (χ4n) is 3.70. The molecule has 21 heavy (non-hydrogen) atoms. The summed E-state index contributed by atoms with van der Waals surface area (Å²) in [5, 5.41) is 3.58. The van der Waals surface area contributed by atoms with E-state index in [9.17, 15) is 4.79 Å². The third-order valence-corrected chi connectivity index (χ3v) is 5.03. The Morgan fingerprint density at radius 2 is 2.05 bits per heavy atom. The van der Waals surface area contributed by atoms with Gasteiger partial charge in [0.1, 0.15) is 5.54 Å². The van der Waals surface area contributed by atoms with Crippen LogP contribution in [0.3, 0.4) is 0 Å². The number of carbonyl (C=O) groups excluding carboxylic acids is 1. The molecule has 1 aliphatic heterocycles. The molecule has 1 N–H and O–H groups in total. The van der Waals surface area contributed by atoms with Crippen molar-refractivity contribution in [3.8, 4) is 0 Å². The van der Waals surface area contributed by atoms with Crippen LogP contribution in [0.1, 0.15) is 59.3 Å². The van der Waals surface area contributed by atoms with Gasteiger partial charge < -0.3 is 10.1 Å². The Morgan fingerprint density at radius 1 is 1.29 bits per heavy atom. The van der Waals surface area contributed by atoms with E-state index in [1.165, 1.54) is 19.3 Å². The predicted octanol–water partition coefficient (Wildman–Crippen LogP) is 2.57. The van der Waals surface area contributed by atoms with E-state index in [1.807, 2.05) is 6.92 Å². The van der Waals surface area contributed by atoms with Gasteiger partial charge in [0, 0.05) is 12.6 Å². The summed E-state index contributed by atoms with van der Waals surface area (Å²) in [6, 6.07) is 0.640. The third-order valence-electron chi connectivity index (χ3n) is 5.03. The minimum atomic E-state index is -0.468. The summed E-state index contributed by atoms with van der Waals surface area (Å²) < 4.78 is 5.46. The average Bonchev–Trinajstić information content (AvgIpc) is 3.24. The lowest BCUT2D eigenvalue weighted by atomic mass is 9.91. The first-order valence-electron chi connectivity index (χ1n) is 8.84. The van der Waals surface area contributed by atoms with E-state index < -0.39 is 5.54 Å². The number of ether oxygens (including phenoxy) is 1. The number of esters is 1. The van der Waals surface area contributed by atoms with Crippen molar-refractivity contribution in [3.63, 3.8) is 0 Å². The van der Waals surface area contributed by atoms with E-state index in [4.69, 9.17) is 4.74 Å². The molecule has 0 aromatic heterocycles. The standard InChI is InChI=1S/C17H32N2O2/c1-4-11-18-17(14-9-10-14,16(20)21-6-3)13-19-12-7-8-15(19)5-2/h14-15,18H,4-13H2,1-3H3. The summed E-state index contributed by atoms with van der Waals surface area (Å²) in [4.78, 5) is 15.2. The second-order valence-corrected chi connectivity index (χ2v) is 6.57. The van der Waals surface area contributed by atoms with Crippen molar-refractivity contribution in [3.05, 3.63) is 0 Å². The van der Waals surface area contributed by atoms with Crippen LogP contribution >= 0.6 is 0 Å². The summed E-state index contributed by atoms with van der Waals surface area (Å²) in [6.45, 7) is 9.62. The molecule has 1 saturated heterocycles. The molecule has 0 amide bonds. The van der Waals surface area contributed by atoms with Crippen molar-refractivity contribution in [1.29, 1.82) is 0 Å². The highest BCUT2D eigenvalue weighted by molar-refractivity contribution is 5.82. The van der Waals surface area contributed by atoms with E-state index in [-0.39, 0.29) is 5.97 Å². The van der Waals surface area contributed by atoms with E-state index in [0.717, 1.165) is 38.9 Å². The molecule has 1 aliphatic carbocycles. The fourth-order valence-corrected chi connectivity index (χ4v) is 3.70. The second kappa shape index (κ2) is 7.59. The predicted molar refractivity (Wildman–Crippen MR) is 85.3 cm³/mol. The monoisotopic (exact) mass is 296 g/mol. The first-order valence-corrected chi connectivity index (χ1v) is 8.84. The highest BCUT2D eigenvalue weighted by Gasteiger charge is 2.53. The van der Waals surface area contributed by atoms with Crippen molar-refractivity contribution in [2.75, 3.05) is 26.2 Å². The molecular formula is C17H32N2O2. The lowest BCUT2D eigenvalue weighted by Gasteiger charge is -2.38. The first-order chi connectivity index (χ1) is 10.2. The van der Waals surface area contributed by atoms with Gasteiger partial charge in [-0.25, -0.2) is 4.79 Å². The van der Waals surface area contributed by atoms with Gasteiger partial charge in [0.2, 0.25) is 0 Å². The molecule has 0 bridgehead atoms. The van der Waals surface area contributed by atoms with Gasteiger partial charge in [-0.2, -0.15) is 0 Å². The second-order valence-electron chi connectivity index (χ2n) is 6.57. The SMILES string of the molecule is CCCNC(CN1CCCC1CC)(C(=O)OCC)C1CC1. The zero-order chi connectivity index (χ0) is 15.3. The van der Waals surface area contributed by atoms with Gasteiger partial charge in [0.05, 0.1) is 6.61 Å². The van der Waals surface area contributed by atoms with Crippen molar-refractivity contribution in [2.24, 2.45) is 5.92 Å². The average molecular weight is 296 g/mol. The molecule has 2 unspecified atom stereocenters.